The molecule has 0 amide bonds. The lowest BCUT2D eigenvalue weighted by atomic mass is 9.62. The van der Waals surface area contributed by atoms with Crippen molar-refractivity contribution in [1.82, 2.24) is 4.90 Å². The van der Waals surface area contributed by atoms with Crippen molar-refractivity contribution in [2.75, 3.05) is 19.7 Å². The van der Waals surface area contributed by atoms with Crippen LogP contribution in [-0.2, 0) is 9.47 Å². The highest BCUT2D eigenvalue weighted by Gasteiger charge is 2.54. The van der Waals surface area contributed by atoms with Gasteiger partial charge in [0.2, 0.25) is 6.41 Å². The topological polar surface area (TPSA) is 41.9 Å². The first-order valence-electron chi connectivity index (χ1n) is 8.42. The van der Waals surface area contributed by atoms with Crippen LogP contribution in [0, 0.1) is 5.41 Å². The van der Waals surface area contributed by atoms with Crippen molar-refractivity contribution in [1.29, 1.82) is 0 Å². The van der Waals surface area contributed by atoms with Crippen molar-refractivity contribution in [2.24, 2.45) is 5.41 Å². The van der Waals surface area contributed by atoms with Crippen LogP contribution >= 0.6 is 0 Å². The van der Waals surface area contributed by atoms with E-state index in [2.05, 4.69) is 6.58 Å². The van der Waals surface area contributed by atoms with Gasteiger partial charge in [0.25, 0.3) is 0 Å². The monoisotopic (exact) mass is 327 g/mol. The Labute approximate surface area is 138 Å². The molecule has 2 aliphatic rings. The molecular formula is C18H30FNO3. The molecule has 1 aliphatic carbocycles. The Kier molecular flexibility index (Phi) is 6.00. The highest BCUT2D eigenvalue weighted by molar-refractivity contribution is 5.05. The molecule has 4 nitrogen and oxygen atoms in total. The van der Waals surface area contributed by atoms with Crippen LogP contribution in [0.4, 0.5) is 4.39 Å². The first-order chi connectivity index (χ1) is 10.7. The second-order valence-corrected chi connectivity index (χ2v) is 7.82. The molecule has 0 aromatic rings. The summed E-state index contributed by atoms with van der Waals surface area (Å²) in [5, 5.41) is 10.0. The van der Waals surface area contributed by atoms with Gasteiger partial charge in [0.15, 0.2) is 0 Å². The van der Waals surface area contributed by atoms with Crippen LogP contribution in [0.15, 0.2) is 24.6 Å². The normalized spacial score (nSPS) is 23.4. The fourth-order valence-electron chi connectivity index (χ4n) is 3.35. The summed E-state index contributed by atoms with van der Waals surface area (Å²) < 4.78 is 24.5. The standard InChI is InChI=1S/C18H30FNO3/c1-5-7-14(19)8-6-9-22-15-10-18(11-15)12-20(13-18)16(21)23-17(2,3)4/h5,7,15-16,21H,1,6,8-13H2,2-4H3/b14-7+/t16-/m1/s1. The zero-order valence-corrected chi connectivity index (χ0v) is 14.6. The summed E-state index contributed by atoms with van der Waals surface area (Å²) in [5.41, 5.74) is -0.0520. The van der Waals surface area contributed by atoms with Gasteiger partial charge >= 0.3 is 0 Å². The second kappa shape index (κ2) is 7.43. The van der Waals surface area contributed by atoms with Crippen LogP contribution in [0.25, 0.3) is 0 Å². The van der Waals surface area contributed by atoms with E-state index in [9.17, 15) is 9.50 Å². The predicted molar refractivity (Wildman–Crippen MR) is 88.4 cm³/mol. The first-order valence-corrected chi connectivity index (χ1v) is 8.42. The lowest BCUT2D eigenvalue weighted by molar-refractivity contribution is -0.292. The van der Waals surface area contributed by atoms with Crippen molar-refractivity contribution in [2.45, 2.75) is 64.6 Å². The molecule has 0 unspecified atom stereocenters. The Morgan fingerprint density at radius 2 is 2.09 bits per heavy atom. The van der Waals surface area contributed by atoms with Gasteiger partial charge in [-0.3, -0.25) is 4.90 Å². The number of likely N-dealkylation sites (tertiary alicyclic amines) is 1. The van der Waals surface area contributed by atoms with Crippen LogP contribution < -0.4 is 0 Å². The van der Waals surface area contributed by atoms with Crippen molar-refractivity contribution in [3.8, 4) is 0 Å². The Morgan fingerprint density at radius 1 is 1.43 bits per heavy atom. The molecule has 2 rings (SSSR count). The van der Waals surface area contributed by atoms with Gasteiger partial charge in [-0.1, -0.05) is 12.7 Å². The highest BCUT2D eigenvalue weighted by atomic mass is 19.1. The maximum absolute atomic E-state index is 13.1. The summed E-state index contributed by atoms with van der Waals surface area (Å²) in [6.07, 6.45) is 5.48. The summed E-state index contributed by atoms with van der Waals surface area (Å²) in [7, 11) is 0. The van der Waals surface area contributed by atoms with Crippen molar-refractivity contribution in [3.05, 3.63) is 24.6 Å². The Morgan fingerprint density at radius 3 is 2.65 bits per heavy atom. The van der Waals surface area contributed by atoms with Gasteiger partial charge in [-0.25, -0.2) is 4.39 Å². The number of allylic oxidation sites excluding steroid dienone is 3. The van der Waals surface area contributed by atoms with E-state index in [-0.39, 0.29) is 17.5 Å². The molecule has 1 heterocycles. The van der Waals surface area contributed by atoms with Crippen molar-refractivity contribution >= 4 is 0 Å². The van der Waals surface area contributed by atoms with E-state index in [1.165, 1.54) is 12.2 Å². The molecule has 132 valence electrons. The SMILES string of the molecule is C=C/C=C(/F)CCCOC1CC2(C1)CN([C@H](O)OC(C)(C)C)C2. The third-order valence-corrected chi connectivity index (χ3v) is 4.38. The van der Waals surface area contributed by atoms with Gasteiger partial charge in [0.1, 0.15) is 0 Å². The number of hydrogen-bond donors (Lipinski definition) is 1. The van der Waals surface area contributed by atoms with E-state index < -0.39 is 6.41 Å². The summed E-state index contributed by atoms with van der Waals surface area (Å²) in [4.78, 5) is 1.96. The van der Waals surface area contributed by atoms with Gasteiger partial charge in [-0.05, 0) is 46.1 Å². The first kappa shape index (κ1) is 18.6. The number of aliphatic hydroxyl groups is 1. The molecule has 0 bridgehead atoms. The van der Waals surface area contributed by atoms with Crippen LogP contribution in [0.5, 0.6) is 0 Å². The Bertz CT molecular complexity index is 430. The lowest BCUT2D eigenvalue weighted by Crippen LogP contribution is -2.67. The van der Waals surface area contributed by atoms with Gasteiger partial charge < -0.3 is 14.6 Å². The van der Waals surface area contributed by atoms with E-state index in [1.807, 2.05) is 25.7 Å². The van der Waals surface area contributed by atoms with E-state index in [4.69, 9.17) is 9.47 Å². The molecule has 0 aromatic carbocycles. The number of hydrogen-bond acceptors (Lipinski definition) is 4. The number of aliphatic hydroxyl groups excluding tert-OH is 1. The van der Waals surface area contributed by atoms with E-state index in [0.717, 1.165) is 25.9 Å². The van der Waals surface area contributed by atoms with Gasteiger partial charge in [-0.15, -0.1) is 0 Å². The number of ether oxygens (including phenoxy) is 2. The molecule has 2 fully saturated rings. The number of rotatable bonds is 8. The number of nitrogens with zero attached hydrogens (tertiary/aromatic N) is 1. The van der Waals surface area contributed by atoms with Gasteiger partial charge in [-0.2, -0.15) is 0 Å². The molecule has 1 atom stereocenters. The fourth-order valence-corrected chi connectivity index (χ4v) is 3.35. The minimum atomic E-state index is -0.819. The molecule has 1 aliphatic heterocycles. The Balaban J connectivity index is 1.56. The molecule has 1 N–H and O–H groups in total. The maximum Gasteiger partial charge on any atom is 0.216 e. The van der Waals surface area contributed by atoms with E-state index in [1.54, 1.807) is 0 Å². The molecule has 1 saturated heterocycles. The molecule has 23 heavy (non-hydrogen) atoms. The highest BCUT2D eigenvalue weighted by Crippen LogP contribution is 2.50. The predicted octanol–water partition coefficient (Wildman–Crippen LogP) is 3.38. The minimum Gasteiger partial charge on any atom is -0.378 e. The van der Waals surface area contributed by atoms with Gasteiger partial charge in [0.05, 0.1) is 17.5 Å². The van der Waals surface area contributed by atoms with Crippen LogP contribution in [0.2, 0.25) is 0 Å². The third kappa shape index (κ3) is 5.38. The molecule has 0 aromatic heterocycles. The summed E-state index contributed by atoms with van der Waals surface area (Å²) >= 11 is 0. The summed E-state index contributed by atoms with van der Waals surface area (Å²) in [6, 6.07) is 0. The number of halogens is 1. The van der Waals surface area contributed by atoms with Crippen molar-refractivity contribution < 1.29 is 19.0 Å². The zero-order chi connectivity index (χ0) is 17.1. The summed E-state index contributed by atoms with van der Waals surface area (Å²) in [5.74, 6) is -0.142. The molecule has 1 saturated carbocycles. The third-order valence-electron chi connectivity index (χ3n) is 4.38. The largest absolute Gasteiger partial charge is 0.378 e. The molecule has 0 radical (unpaired) electrons. The Hall–Kier alpha value is -0.750. The molecule has 1 spiro atoms. The fraction of sp³-hybridized carbons (Fsp3) is 0.778. The summed E-state index contributed by atoms with van der Waals surface area (Å²) in [6.45, 7) is 11.6. The van der Waals surface area contributed by atoms with Gasteiger partial charge in [0, 0.05) is 31.5 Å². The average Bonchev–Trinajstić information content (AvgIpc) is 2.32. The maximum atomic E-state index is 13.1. The quantitative estimate of drug-likeness (QED) is 0.422. The zero-order valence-electron chi connectivity index (χ0n) is 14.6. The van der Waals surface area contributed by atoms with E-state index >= 15 is 0 Å². The lowest BCUT2D eigenvalue weighted by Gasteiger charge is -2.59. The molecular weight excluding hydrogens is 297 g/mol. The van der Waals surface area contributed by atoms with Crippen LogP contribution in [0.1, 0.15) is 46.5 Å². The van der Waals surface area contributed by atoms with Crippen LogP contribution in [0.3, 0.4) is 0 Å². The molecule has 5 heteroatoms. The smallest absolute Gasteiger partial charge is 0.216 e. The van der Waals surface area contributed by atoms with Crippen molar-refractivity contribution in [3.63, 3.8) is 0 Å². The average molecular weight is 327 g/mol. The minimum absolute atomic E-state index is 0.142. The second-order valence-electron chi connectivity index (χ2n) is 7.82. The van der Waals surface area contributed by atoms with E-state index in [0.29, 0.717) is 24.9 Å². The van der Waals surface area contributed by atoms with Crippen LogP contribution in [-0.4, -0.2) is 47.8 Å².